The second-order valence-electron chi connectivity index (χ2n) is 5.38. The van der Waals surface area contributed by atoms with Crippen molar-refractivity contribution in [2.75, 3.05) is 13.1 Å². The summed E-state index contributed by atoms with van der Waals surface area (Å²) in [6, 6.07) is 7.74. The van der Waals surface area contributed by atoms with Crippen LogP contribution in [0.3, 0.4) is 0 Å². The van der Waals surface area contributed by atoms with E-state index in [9.17, 15) is 9.59 Å². The number of rotatable bonds is 4. The fraction of sp³-hybridized carbons (Fsp3) is 0.500. The molecule has 1 N–H and O–H groups in total. The van der Waals surface area contributed by atoms with Gasteiger partial charge in [-0.1, -0.05) is 19.1 Å². The molecule has 1 aliphatic rings. The molecule has 108 valence electrons. The zero-order chi connectivity index (χ0) is 14.5. The summed E-state index contributed by atoms with van der Waals surface area (Å²) in [5.41, 5.74) is 1.95. The van der Waals surface area contributed by atoms with Crippen molar-refractivity contribution in [3.63, 3.8) is 0 Å². The molecule has 4 nitrogen and oxygen atoms in total. The Bertz CT molecular complexity index is 473. The molecule has 2 rings (SSSR count). The largest absolute Gasteiger partial charge is 0.481 e. The molecule has 1 fully saturated rings. The van der Waals surface area contributed by atoms with Crippen LogP contribution in [0.4, 0.5) is 0 Å². The second-order valence-corrected chi connectivity index (χ2v) is 5.38. The molecule has 0 radical (unpaired) electrons. The summed E-state index contributed by atoms with van der Waals surface area (Å²) in [5, 5.41) is 8.79. The van der Waals surface area contributed by atoms with Crippen LogP contribution in [0.15, 0.2) is 24.3 Å². The summed E-state index contributed by atoms with van der Waals surface area (Å²) < 4.78 is 0. The topological polar surface area (TPSA) is 57.6 Å². The number of carboxylic acids is 1. The maximum atomic E-state index is 12.3. The first-order valence-corrected chi connectivity index (χ1v) is 7.20. The van der Waals surface area contributed by atoms with Crippen molar-refractivity contribution >= 4 is 11.9 Å². The molecule has 1 amide bonds. The molecular weight excluding hydrogens is 254 g/mol. The number of aliphatic carboxylic acids is 1. The van der Waals surface area contributed by atoms with Gasteiger partial charge in [0.1, 0.15) is 0 Å². The van der Waals surface area contributed by atoms with E-state index in [1.165, 1.54) is 5.56 Å². The number of carbonyl (C=O) groups is 2. The van der Waals surface area contributed by atoms with E-state index in [-0.39, 0.29) is 18.2 Å². The number of nitrogens with zero attached hydrogens (tertiary/aromatic N) is 1. The van der Waals surface area contributed by atoms with E-state index in [2.05, 4.69) is 6.92 Å². The van der Waals surface area contributed by atoms with Crippen molar-refractivity contribution < 1.29 is 14.7 Å². The molecular formula is C16H21NO3. The monoisotopic (exact) mass is 275 g/mol. The number of carbonyl (C=O) groups excluding carboxylic acids is 1. The average molecular weight is 275 g/mol. The van der Waals surface area contributed by atoms with Gasteiger partial charge in [-0.2, -0.15) is 0 Å². The summed E-state index contributed by atoms with van der Waals surface area (Å²) in [5.74, 6) is -0.481. The van der Waals surface area contributed by atoms with Gasteiger partial charge in [-0.3, -0.25) is 9.59 Å². The van der Waals surface area contributed by atoms with Crippen LogP contribution in [-0.2, 0) is 11.2 Å². The lowest BCUT2D eigenvalue weighted by atomic mass is 9.93. The number of carboxylic acid groups (broad SMARTS) is 1. The molecule has 0 aromatic heterocycles. The third-order valence-corrected chi connectivity index (χ3v) is 3.97. The van der Waals surface area contributed by atoms with E-state index in [0.29, 0.717) is 13.1 Å². The van der Waals surface area contributed by atoms with Gasteiger partial charge in [0.15, 0.2) is 0 Å². The summed E-state index contributed by atoms with van der Waals surface area (Å²) in [7, 11) is 0. The van der Waals surface area contributed by atoms with Crippen LogP contribution in [0.2, 0.25) is 0 Å². The van der Waals surface area contributed by atoms with Gasteiger partial charge in [-0.05, 0) is 42.9 Å². The molecule has 1 aromatic rings. The number of aryl methyl sites for hydroxylation is 1. The van der Waals surface area contributed by atoms with Gasteiger partial charge in [-0.15, -0.1) is 0 Å². The van der Waals surface area contributed by atoms with E-state index < -0.39 is 5.97 Å². The van der Waals surface area contributed by atoms with Crippen LogP contribution < -0.4 is 0 Å². The quantitative estimate of drug-likeness (QED) is 0.918. The van der Waals surface area contributed by atoms with Crippen molar-refractivity contribution in [1.29, 1.82) is 0 Å². The summed E-state index contributed by atoms with van der Waals surface area (Å²) in [4.78, 5) is 24.9. The maximum Gasteiger partial charge on any atom is 0.303 e. The van der Waals surface area contributed by atoms with Gasteiger partial charge >= 0.3 is 5.97 Å². The van der Waals surface area contributed by atoms with Gasteiger partial charge in [0.25, 0.3) is 5.91 Å². The molecule has 0 spiro atoms. The first-order valence-electron chi connectivity index (χ1n) is 7.20. The predicted molar refractivity (Wildman–Crippen MR) is 76.7 cm³/mol. The second kappa shape index (κ2) is 6.55. The normalized spacial score (nSPS) is 16.1. The zero-order valence-corrected chi connectivity index (χ0v) is 11.8. The maximum absolute atomic E-state index is 12.3. The molecule has 1 aliphatic heterocycles. The highest BCUT2D eigenvalue weighted by atomic mass is 16.4. The Kier molecular flexibility index (Phi) is 4.77. The SMILES string of the molecule is CCc1ccc(C(=O)N2CCC(CC(=O)O)CC2)cc1. The average Bonchev–Trinajstić information content (AvgIpc) is 2.47. The van der Waals surface area contributed by atoms with Crippen LogP contribution in [0, 0.1) is 5.92 Å². The van der Waals surface area contributed by atoms with Gasteiger partial charge in [-0.25, -0.2) is 0 Å². The highest BCUT2D eigenvalue weighted by Gasteiger charge is 2.24. The lowest BCUT2D eigenvalue weighted by Crippen LogP contribution is -2.38. The van der Waals surface area contributed by atoms with Crippen molar-refractivity contribution in [2.24, 2.45) is 5.92 Å². The van der Waals surface area contributed by atoms with E-state index in [1.54, 1.807) is 0 Å². The minimum absolute atomic E-state index is 0.0569. The Labute approximate surface area is 119 Å². The molecule has 0 saturated carbocycles. The van der Waals surface area contributed by atoms with E-state index in [0.717, 1.165) is 24.8 Å². The fourth-order valence-electron chi connectivity index (χ4n) is 2.65. The minimum Gasteiger partial charge on any atom is -0.481 e. The first-order chi connectivity index (χ1) is 9.60. The third-order valence-electron chi connectivity index (χ3n) is 3.97. The molecule has 1 heterocycles. The Morgan fingerprint density at radius 1 is 1.20 bits per heavy atom. The summed E-state index contributed by atoms with van der Waals surface area (Å²) in [6.45, 7) is 3.41. The van der Waals surface area contributed by atoms with E-state index in [1.807, 2.05) is 29.2 Å². The van der Waals surface area contributed by atoms with Gasteiger partial charge < -0.3 is 10.0 Å². The standard InChI is InChI=1S/C16H21NO3/c1-2-12-3-5-14(6-4-12)16(20)17-9-7-13(8-10-17)11-15(18)19/h3-6,13H,2,7-11H2,1H3,(H,18,19). The van der Waals surface area contributed by atoms with Gasteiger partial charge in [0.05, 0.1) is 0 Å². The van der Waals surface area contributed by atoms with Crippen LogP contribution in [-0.4, -0.2) is 35.0 Å². The van der Waals surface area contributed by atoms with Crippen LogP contribution in [0.25, 0.3) is 0 Å². The Balaban J connectivity index is 1.92. The molecule has 0 bridgehead atoms. The van der Waals surface area contributed by atoms with Crippen molar-refractivity contribution in [1.82, 2.24) is 4.90 Å². The van der Waals surface area contributed by atoms with Gasteiger partial charge in [0.2, 0.25) is 0 Å². The number of amides is 1. The zero-order valence-electron chi connectivity index (χ0n) is 11.8. The van der Waals surface area contributed by atoms with E-state index >= 15 is 0 Å². The molecule has 0 atom stereocenters. The lowest BCUT2D eigenvalue weighted by Gasteiger charge is -2.31. The molecule has 0 unspecified atom stereocenters. The first kappa shape index (κ1) is 14.6. The molecule has 20 heavy (non-hydrogen) atoms. The Hall–Kier alpha value is -1.84. The Morgan fingerprint density at radius 3 is 2.30 bits per heavy atom. The van der Waals surface area contributed by atoms with Crippen LogP contribution in [0.1, 0.15) is 42.1 Å². The van der Waals surface area contributed by atoms with Crippen molar-refractivity contribution in [3.8, 4) is 0 Å². The molecule has 1 aromatic carbocycles. The van der Waals surface area contributed by atoms with Crippen molar-refractivity contribution in [3.05, 3.63) is 35.4 Å². The van der Waals surface area contributed by atoms with E-state index in [4.69, 9.17) is 5.11 Å². The highest BCUT2D eigenvalue weighted by molar-refractivity contribution is 5.94. The third kappa shape index (κ3) is 3.59. The smallest absolute Gasteiger partial charge is 0.303 e. The van der Waals surface area contributed by atoms with Crippen LogP contribution in [0.5, 0.6) is 0 Å². The summed E-state index contributed by atoms with van der Waals surface area (Å²) in [6.07, 6.45) is 2.75. The molecule has 0 aliphatic carbocycles. The molecule has 1 saturated heterocycles. The number of likely N-dealkylation sites (tertiary alicyclic amines) is 1. The highest BCUT2D eigenvalue weighted by Crippen LogP contribution is 2.22. The number of benzene rings is 1. The predicted octanol–water partition coefficient (Wildman–Crippen LogP) is 2.58. The Morgan fingerprint density at radius 2 is 1.80 bits per heavy atom. The van der Waals surface area contributed by atoms with Crippen LogP contribution >= 0.6 is 0 Å². The summed E-state index contributed by atoms with van der Waals surface area (Å²) >= 11 is 0. The lowest BCUT2D eigenvalue weighted by molar-refractivity contribution is -0.138. The number of hydrogen-bond acceptors (Lipinski definition) is 2. The van der Waals surface area contributed by atoms with Crippen molar-refractivity contribution in [2.45, 2.75) is 32.6 Å². The molecule has 4 heteroatoms. The fourth-order valence-corrected chi connectivity index (χ4v) is 2.65. The minimum atomic E-state index is -0.745. The van der Waals surface area contributed by atoms with Gasteiger partial charge in [0, 0.05) is 25.1 Å². The number of piperidine rings is 1. The number of hydrogen-bond donors (Lipinski definition) is 1.